The van der Waals surface area contributed by atoms with Gasteiger partial charge in [-0.3, -0.25) is 9.78 Å². The summed E-state index contributed by atoms with van der Waals surface area (Å²) in [6.45, 7) is 0.829. The van der Waals surface area contributed by atoms with Gasteiger partial charge < -0.3 is 11.1 Å². The van der Waals surface area contributed by atoms with Crippen LogP contribution in [0.5, 0.6) is 0 Å². The highest BCUT2D eigenvalue weighted by atomic mass is 79.9. The van der Waals surface area contributed by atoms with Crippen LogP contribution in [0.4, 0.5) is 5.69 Å². The first-order chi connectivity index (χ1) is 7.20. The van der Waals surface area contributed by atoms with Crippen molar-refractivity contribution in [1.29, 1.82) is 0 Å². The number of carbonyl (C=O) groups is 1. The Kier molecular flexibility index (Phi) is 5.10. The first-order valence-electron chi connectivity index (χ1n) is 4.82. The predicted molar refractivity (Wildman–Crippen MR) is 63.5 cm³/mol. The molecule has 0 saturated carbocycles. The van der Waals surface area contributed by atoms with Gasteiger partial charge in [-0.1, -0.05) is 0 Å². The molecule has 1 rings (SSSR count). The van der Waals surface area contributed by atoms with Crippen LogP contribution in [0.2, 0.25) is 0 Å². The number of halogens is 1. The molecule has 0 radical (unpaired) electrons. The van der Waals surface area contributed by atoms with Gasteiger partial charge in [0.05, 0.1) is 10.2 Å². The molecule has 82 valence electrons. The molecule has 0 saturated heterocycles. The third-order valence-corrected chi connectivity index (χ3v) is 2.57. The number of primary amides is 1. The Morgan fingerprint density at radius 2 is 2.33 bits per heavy atom. The van der Waals surface area contributed by atoms with Crippen LogP contribution in [0.25, 0.3) is 0 Å². The van der Waals surface area contributed by atoms with E-state index in [0.29, 0.717) is 6.42 Å². The van der Waals surface area contributed by atoms with Crippen molar-refractivity contribution in [2.75, 3.05) is 11.9 Å². The SMILES string of the molecule is NC(=O)CCCCNc1ccncc1Br. The lowest BCUT2D eigenvalue weighted by Crippen LogP contribution is -2.11. The van der Waals surface area contributed by atoms with Gasteiger partial charge in [0, 0.05) is 25.4 Å². The number of anilines is 1. The van der Waals surface area contributed by atoms with Gasteiger partial charge in [-0.05, 0) is 34.8 Å². The molecule has 1 aromatic heterocycles. The zero-order valence-corrected chi connectivity index (χ0v) is 9.96. The molecule has 5 heteroatoms. The van der Waals surface area contributed by atoms with Crippen molar-refractivity contribution in [3.05, 3.63) is 22.9 Å². The molecule has 1 amide bonds. The summed E-state index contributed by atoms with van der Waals surface area (Å²) in [5, 5.41) is 3.25. The average Bonchev–Trinajstić information content (AvgIpc) is 2.20. The molecule has 0 fully saturated rings. The van der Waals surface area contributed by atoms with Crippen LogP contribution in [0.3, 0.4) is 0 Å². The highest BCUT2D eigenvalue weighted by Gasteiger charge is 1.98. The van der Waals surface area contributed by atoms with Crippen molar-refractivity contribution < 1.29 is 4.79 Å². The smallest absolute Gasteiger partial charge is 0.217 e. The van der Waals surface area contributed by atoms with E-state index in [1.54, 1.807) is 12.4 Å². The molecule has 0 aliphatic carbocycles. The fourth-order valence-electron chi connectivity index (χ4n) is 1.17. The summed E-state index contributed by atoms with van der Waals surface area (Å²) < 4.78 is 0.944. The Morgan fingerprint density at radius 1 is 1.53 bits per heavy atom. The zero-order valence-electron chi connectivity index (χ0n) is 8.37. The number of nitrogens with zero attached hydrogens (tertiary/aromatic N) is 1. The Labute approximate surface area is 97.4 Å². The lowest BCUT2D eigenvalue weighted by molar-refractivity contribution is -0.118. The second-order valence-electron chi connectivity index (χ2n) is 3.21. The Morgan fingerprint density at radius 3 is 3.00 bits per heavy atom. The maximum absolute atomic E-state index is 10.5. The number of nitrogens with two attached hydrogens (primary N) is 1. The maximum Gasteiger partial charge on any atom is 0.217 e. The largest absolute Gasteiger partial charge is 0.384 e. The van der Waals surface area contributed by atoms with Crippen LogP contribution < -0.4 is 11.1 Å². The van der Waals surface area contributed by atoms with Crippen LogP contribution in [-0.2, 0) is 4.79 Å². The van der Waals surface area contributed by atoms with Gasteiger partial charge in [-0.25, -0.2) is 0 Å². The molecule has 0 atom stereocenters. The Bertz CT molecular complexity index is 330. The number of pyridine rings is 1. The number of hydrogen-bond donors (Lipinski definition) is 2. The van der Waals surface area contributed by atoms with E-state index in [2.05, 4.69) is 26.2 Å². The Balaban J connectivity index is 2.21. The second kappa shape index (κ2) is 6.40. The van der Waals surface area contributed by atoms with Gasteiger partial charge in [0.25, 0.3) is 0 Å². The maximum atomic E-state index is 10.5. The van der Waals surface area contributed by atoms with E-state index in [1.165, 1.54) is 0 Å². The summed E-state index contributed by atoms with van der Waals surface area (Å²) in [5.41, 5.74) is 6.05. The summed E-state index contributed by atoms with van der Waals surface area (Å²) in [4.78, 5) is 14.4. The van der Waals surface area contributed by atoms with Crippen LogP contribution in [-0.4, -0.2) is 17.4 Å². The van der Waals surface area contributed by atoms with Gasteiger partial charge in [-0.2, -0.15) is 0 Å². The third-order valence-electron chi connectivity index (χ3n) is 1.94. The highest BCUT2D eigenvalue weighted by Crippen LogP contribution is 2.19. The van der Waals surface area contributed by atoms with E-state index in [4.69, 9.17) is 5.73 Å². The molecule has 0 spiro atoms. The molecule has 0 bridgehead atoms. The summed E-state index contributed by atoms with van der Waals surface area (Å²) in [5.74, 6) is -0.236. The molecular formula is C10H14BrN3O. The summed E-state index contributed by atoms with van der Waals surface area (Å²) in [6.07, 6.45) is 5.68. The van der Waals surface area contributed by atoms with Crippen molar-refractivity contribution >= 4 is 27.5 Å². The third kappa shape index (κ3) is 4.78. The second-order valence-corrected chi connectivity index (χ2v) is 4.06. The zero-order chi connectivity index (χ0) is 11.1. The van der Waals surface area contributed by atoms with Crippen molar-refractivity contribution in [2.24, 2.45) is 5.73 Å². The standard InChI is InChI=1S/C10H14BrN3O/c11-8-7-13-6-4-9(8)14-5-2-1-3-10(12)15/h4,6-7H,1-3,5H2,(H2,12,15)(H,13,14). The summed E-state index contributed by atoms with van der Waals surface area (Å²) in [6, 6.07) is 1.90. The van der Waals surface area contributed by atoms with E-state index < -0.39 is 0 Å². The van der Waals surface area contributed by atoms with Crippen molar-refractivity contribution in [1.82, 2.24) is 4.98 Å². The first kappa shape index (κ1) is 12.0. The van der Waals surface area contributed by atoms with Crippen molar-refractivity contribution in [3.8, 4) is 0 Å². The predicted octanol–water partition coefficient (Wildman–Crippen LogP) is 1.91. The van der Waals surface area contributed by atoms with Gasteiger partial charge in [0.2, 0.25) is 5.91 Å². The van der Waals surface area contributed by atoms with Crippen LogP contribution >= 0.6 is 15.9 Å². The molecule has 1 aromatic rings. The number of amides is 1. The van der Waals surface area contributed by atoms with Crippen LogP contribution in [0, 0.1) is 0 Å². The van der Waals surface area contributed by atoms with E-state index in [-0.39, 0.29) is 5.91 Å². The summed E-state index contributed by atoms with van der Waals surface area (Å²) in [7, 11) is 0. The number of carbonyl (C=O) groups excluding carboxylic acids is 1. The molecule has 15 heavy (non-hydrogen) atoms. The minimum absolute atomic E-state index is 0.236. The molecule has 4 nitrogen and oxygen atoms in total. The van der Waals surface area contributed by atoms with Crippen LogP contribution in [0.1, 0.15) is 19.3 Å². The topological polar surface area (TPSA) is 68.0 Å². The minimum Gasteiger partial charge on any atom is -0.384 e. The normalized spacial score (nSPS) is 9.93. The van der Waals surface area contributed by atoms with E-state index in [0.717, 1.165) is 29.5 Å². The molecular weight excluding hydrogens is 258 g/mol. The van der Waals surface area contributed by atoms with Gasteiger partial charge in [-0.15, -0.1) is 0 Å². The molecule has 1 heterocycles. The van der Waals surface area contributed by atoms with E-state index in [9.17, 15) is 4.79 Å². The minimum atomic E-state index is -0.236. The molecule has 0 aromatic carbocycles. The molecule has 0 aliphatic rings. The Hall–Kier alpha value is -1.10. The number of rotatable bonds is 6. The van der Waals surface area contributed by atoms with Gasteiger partial charge in [0.1, 0.15) is 0 Å². The summed E-state index contributed by atoms with van der Waals surface area (Å²) >= 11 is 3.39. The lowest BCUT2D eigenvalue weighted by Gasteiger charge is -2.06. The monoisotopic (exact) mass is 271 g/mol. The lowest BCUT2D eigenvalue weighted by atomic mass is 10.2. The first-order valence-corrected chi connectivity index (χ1v) is 5.61. The van der Waals surface area contributed by atoms with Gasteiger partial charge in [0.15, 0.2) is 0 Å². The van der Waals surface area contributed by atoms with Gasteiger partial charge >= 0.3 is 0 Å². The number of unbranched alkanes of at least 4 members (excludes halogenated alkanes) is 1. The van der Waals surface area contributed by atoms with E-state index in [1.807, 2.05) is 6.07 Å². The fourth-order valence-corrected chi connectivity index (χ4v) is 1.56. The number of hydrogen-bond acceptors (Lipinski definition) is 3. The molecule has 0 aliphatic heterocycles. The molecule has 0 unspecified atom stereocenters. The fraction of sp³-hybridized carbons (Fsp3) is 0.400. The highest BCUT2D eigenvalue weighted by molar-refractivity contribution is 9.10. The van der Waals surface area contributed by atoms with Crippen molar-refractivity contribution in [2.45, 2.75) is 19.3 Å². The quantitative estimate of drug-likeness (QED) is 0.777. The van der Waals surface area contributed by atoms with E-state index >= 15 is 0 Å². The van der Waals surface area contributed by atoms with Crippen LogP contribution in [0.15, 0.2) is 22.9 Å². The number of aromatic nitrogens is 1. The number of nitrogens with one attached hydrogen (secondary N) is 1. The molecule has 3 N–H and O–H groups in total. The average molecular weight is 272 g/mol. The van der Waals surface area contributed by atoms with Crippen molar-refractivity contribution in [3.63, 3.8) is 0 Å².